The molecule has 22 heavy (non-hydrogen) atoms. The number of carbonyl (C=O) groups excluding carboxylic acids is 2. The second-order valence-corrected chi connectivity index (χ2v) is 4.18. The van der Waals surface area contributed by atoms with Crippen molar-refractivity contribution in [2.24, 2.45) is 0 Å². The molecule has 2 aromatic heterocycles. The van der Waals surface area contributed by atoms with E-state index in [0.717, 1.165) is 12.8 Å². The molecule has 0 saturated heterocycles. The maximum Gasteiger partial charge on any atom is 0.333 e. The lowest BCUT2D eigenvalue weighted by molar-refractivity contribution is 0.247. The highest BCUT2D eigenvalue weighted by molar-refractivity contribution is 5.82. The van der Waals surface area contributed by atoms with Crippen LogP contribution in [0.1, 0.15) is 12.8 Å². The van der Waals surface area contributed by atoms with Crippen molar-refractivity contribution in [2.75, 3.05) is 23.9 Å². The number of carbonyl (C=O) groups is 2. The van der Waals surface area contributed by atoms with Crippen LogP contribution in [0.2, 0.25) is 0 Å². The summed E-state index contributed by atoms with van der Waals surface area (Å²) in [5.41, 5.74) is 5.01. The number of unbranched alkanes of at least 4 members (excludes halogenated alkanes) is 1. The molecule has 0 atom stereocenters. The second-order valence-electron chi connectivity index (χ2n) is 4.18. The molecule has 0 spiro atoms. The molecule has 2 heterocycles. The molecule has 0 radical (unpaired) electrons. The van der Waals surface area contributed by atoms with Crippen LogP contribution in [0.4, 0.5) is 9.59 Å². The van der Waals surface area contributed by atoms with Crippen LogP contribution in [0.25, 0.3) is 0 Å². The first kappa shape index (κ1) is 15.2. The molecule has 0 aliphatic rings. The van der Waals surface area contributed by atoms with Crippen LogP contribution in [-0.4, -0.2) is 54.9 Å². The van der Waals surface area contributed by atoms with Crippen LogP contribution in [0.5, 0.6) is 0 Å². The van der Waals surface area contributed by atoms with Gasteiger partial charge in [0, 0.05) is 13.1 Å². The van der Waals surface area contributed by atoms with Crippen molar-refractivity contribution in [3.63, 3.8) is 0 Å². The minimum atomic E-state index is -0.349. The van der Waals surface area contributed by atoms with Crippen LogP contribution in [0.3, 0.4) is 0 Å². The molecule has 2 aromatic rings. The fourth-order valence-electron chi connectivity index (χ4n) is 1.48. The van der Waals surface area contributed by atoms with Crippen LogP contribution in [0, 0.1) is 0 Å². The Labute approximate surface area is 125 Å². The second kappa shape index (κ2) is 8.18. The number of aromatic nitrogens is 6. The van der Waals surface area contributed by atoms with Gasteiger partial charge in [0.1, 0.15) is 25.3 Å². The molecule has 0 aromatic carbocycles. The Morgan fingerprint density at radius 2 is 1.09 bits per heavy atom. The highest BCUT2D eigenvalue weighted by Crippen LogP contribution is 1.86. The predicted octanol–water partition coefficient (Wildman–Crippen LogP) is -1.14. The summed E-state index contributed by atoms with van der Waals surface area (Å²) in [6.07, 6.45) is 6.94. The Balaban J connectivity index is 1.47. The zero-order chi connectivity index (χ0) is 15.6. The first-order chi connectivity index (χ1) is 10.7. The molecular weight excluding hydrogens is 292 g/mol. The van der Waals surface area contributed by atoms with E-state index >= 15 is 0 Å². The van der Waals surface area contributed by atoms with Crippen molar-refractivity contribution >= 4 is 12.1 Å². The fourth-order valence-corrected chi connectivity index (χ4v) is 1.48. The number of nitrogens with zero attached hydrogens (tertiary/aromatic N) is 6. The van der Waals surface area contributed by atoms with Gasteiger partial charge in [-0.2, -0.15) is 0 Å². The summed E-state index contributed by atoms with van der Waals surface area (Å²) < 4.78 is 2.68. The molecule has 0 fully saturated rings. The van der Waals surface area contributed by atoms with Crippen molar-refractivity contribution in [2.45, 2.75) is 12.8 Å². The Hall–Kier alpha value is -3.18. The van der Waals surface area contributed by atoms with E-state index in [2.05, 4.69) is 41.9 Å². The van der Waals surface area contributed by atoms with Crippen LogP contribution >= 0.6 is 0 Å². The monoisotopic (exact) mass is 308 g/mol. The third-order valence-corrected chi connectivity index (χ3v) is 2.47. The first-order valence-electron chi connectivity index (χ1n) is 6.53. The van der Waals surface area contributed by atoms with Gasteiger partial charge >= 0.3 is 12.1 Å². The van der Waals surface area contributed by atoms with Crippen molar-refractivity contribution in [1.82, 2.24) is 40.4 Å². The summed E-state index contributed by atoms with van der Waals surface area (Å²) in [6.45, 7) is 0.978. The summed E-state index contributed by atoms with van der Waals surface area (Å²) in [4.78, 5) is 22.9. The number of rotatable bonds is 7. The molecule has 2 rings (SSSR count). The highest BCUT2D eigenvalue weighted by atomic mass is 16.2. The van der Waals surface area contributed by atoms with Gasteiger partial charge in [0.15, 0.2) is 0 Å². The normalized spacial score (nSPS) is 10.0. The maximum atomic E-state index is 11.4. The smallest absolute Gasteiger partial charge is 0.333 e. The Bertz CT molecular complexity index is 514. The van der Waals surface area contributed by atoms with Crippen molar-refractivity contribution < 1.29 is 9.59 Å². The predicted molar refractivity (Wildman–Crippen MR) is 74.8 cm³/mol. The van der Waals surface area contributed by atoms with Gasteiger partial charge in [0.2, 0.25) is 0 Å². The minimum Gasteiger partial charge on any atom is -0.337 e. The van der Waals surface area contributed by atoms with Crippen molar-refractivity contribution in [1.29, 1.82) is 0 Å². The van der Waals surface area contributed by atoms with Gasteiger partial charge in [-0.25, -0.2) is 29.8 Å². The van der Waals surface area contributed by atoms with E-state index in [1.54, 1.807) is 0 Å². The average Bonchev–Trinajstić information content (AvgIpc) is 3.16. The quantitative estimate of drug-likeness (QED) is 0.476. The number of amides is 4. The third-order valence-electron chi connectivity index (χ3n) is 2.47. The average molecular weight is 308 g/mol. The summed E-state index contributed by atoms with van der Waals surface area (Å²) >= 11 is 0. The van der Waals surface area contributed by atoms with E-state index in [4.69, 9.17) is 0 Å². The van der Waals surface area contributed by atoms with Crippen molar-refractivity contribution in [3.05, 3.63) is 25.3 Å². The Morgan fingerprint density at radius 1 is 0.727 bits per heavy atom. The van der Waals surface area contributed by atoms with Crippen LogP contribution in [-0.2, 0) is 0 Å². The van der Waals surface area contributed by atoms with E-state index in [1.807, 2.05) is 0 Å². The zero-order valence-electron chi connectivity index (χ0n) is 11.6. The van der Waals surface area contributed by atoms with Crippen molar-refractivity contribution in [3.8, 4) is 0 Å². The largest absolute Gasteiger partial charge is 0.337 e. The number of nitrogens with one attached hydrogen (secondary N) is 4. The molecule has 0 unspecified atom stereocenters. The summed E-state index contributed by atoms with van der Waals surface area (Å²) in [5, 5.41) is 19.6. The zero-order valence-corrected chi connectivity index (χ0v) is 11.6. The van der Waals surface area contributed by atoms with Gasteiger partial charge in [-0.05, 0) is 12.8 Å². The third kappa shape index (κ3) is 5.44. The Kier molecular flexibility index (Phi) is 5.66. The molecule has 4 N–H and O–H groups in total. The minimum absolute atomic E-state index is 0.349. The molecule has 0 aliphatic carbocycles. The van der Waals surface area contributed by atoms with Crippen LogP contribution in [0.15, 0.2) is 25.3 Å². The Morgan fingerprint density at radius 3 is 1.45 bits per heavy atom. The molecule has 0 saturated carbocycles. The molecule has 0 aliphatic heterocycles. The number of urea groups is 2. The van der Waals surface area contributed by atoms with E-state index < -0.39 is 0 Å². The lowest BCUT2D eigenvalue weighted by atomic mass is 10.3. The standard InChI is InChI=1S/C10H16N10O2/c21-9(17-19-5-13-14-6-19)11-3-1-2-4-12-10(22)18-20-7-15-16-8-20/h5-8H,1-4H2,(H2,11,17,21)(H2,12,18,22). The molecule has 0 bridgehead atoms. The summed E-state index contributed by atoms with van der Waals surface area (Å²) in [6, 6.07) is -0.698. The lowest BCUT2D eigenvalue weighted by Crippen LogP contribution is -2.35. The molecule has 12 nitrogen and oxygen atoms in total. The van der Waals surface area contributed by atoms with Gasteiger partial charge < -0.3 is 10.6 Å². The highest BCUT2D eigenvalue weighted by Gasteiger charge is 2.01. The van der Waals surface area contributed by atoms with E-state index in [1.165, 1.54) is 34.7 Å². The van der Waals surface area contributed by atoms with Gasteiger partial charge in [0.25, 0.3) is 0 Å². The van der Waals surface area contributed by atoms with Gasteiger partial charge in [-0.3, -0.25) is 0 Å². The lowest BCUT2D eigenvalue weighted by Gasteiger charge is -2.08. The van der Waals surface area contributed by atoms with E-state index in [-0.39, 0.29) is 12.1 Å². The maximum absolute atomic E-state index is 11.4. The van der Waals surface area contributed by atoms with E-state index in [0.29, 0.717) is 13.1 Å². The first-order valence-corrected chi connectivity index (χ1v) is 6.53. The number of hydrogen-bond donors (Lipinski definition) is 4. The van der Waals surface area contributed by atoms with Crippen LogP contribution < -0.4 is 21.5 Å². The summed E-state index contributed by atoms with van der Waals surface area (Å²) in [5.74, 6) is 0. The van der Waals surface area contributed by atoms with Gasteiger partial charge in [0.05, 0.1) is 0 Å². The number of hydrogen-bond acceptors (Lipinski definition) is 6. The van der Waals surface area contributed by atoms with Gasteiger partial charge in [-0.15, -0.1) is 20.4 Å². The topological polar surface area (TPSA) is 144 Å². The molecule has 4 amide bonds. The molecule has 118 valence electrons. The van der Waals surface area contributed by atoms with E-state index in [9.17, 15) is 9.59 Å². The fraction of sp³-hybridized carbons (Fsp3) is 0.400. The molecular formula is C10H16N10O2. The van der Waals surface area contributed by atoms with Gasteiger partial charge in [-0.1, -0.05) is 0 Å². The molecule has 12 heteroatoms. The SMILES string of the molecule is O=C(NCCCCNC(=O)Nn1cnnc1)Nn1cnnc1. The summed E-state index contributed by atoms with van der Waals surface area (Å²) in [7, 11) is 0.